The lowest BCUT2D eigenvalue weighted by Gasteiger charge is -2.43. The van der Waals surface area contributed by atoms with Gasteiger partial charge in [-0.2, -0.15) is 0 Å². The number of carbonyl (C=O) groups excluding carboxylic acids is 2. The number of anilines is 1. The highest BCUT2D eigenvalue weighted by molar-refractivity contribution is 9.10. The zero-order valence-electron chi connectivity index (χ0n) is 17.6. The molecular formula is C25H18BrFN2O3S2. The molecule has 3 fully saturated rings. The molecular weight excluding hydrogens is 539 g/mol. The van der Waals surface area contributed by atoms with Crippen LogP contribution in [0.5, 0.6) is 0 Å². The molecule has 3 aromatic rings. The summed E-state index contributed by atoms with van der Waals surface area (Å²) in [6.45, 7) is 0. The quantitative estimate of drug-likeness (QED) is 0.450. The fraction of sp³-hybridized carbons (Fsp3) is 0.320. The maximum Gasteiger partial charge on any atom is 0.305 e. The van der Waals surface area contributed by atoms with Gasteiger partial charge < -0.3 is 4.98 Å². The van der Waals surface area contributed by atoms with Crippen LogP contribution in [0, 0.1) is 35.4 Å². The van der Waals surface area contributed by atoms with Crippen molar-refractivity contribution in [3.63, 3.8) is 0 Å². The molecule has 2 saturated carbocycles. The number of nitrogens with zero attached hydrogens (tertiary/aromatic N) is 1. The molecule has 1 aromatic heterocycles. The molecule has 2 aliphatic heterocycles. The third kappa shape index (κ3) is 2.80. The van der Waals surface area contributed by atoms with Gasteiger partial charge in [0, 0.05) is 20.5 Å². The van der Waals surface area contributed by atoms with E-state index in [0.717, 1.165) is 26.4 Å². The summed E-state index contributed by atoms with van der Waals surface area (Å²) >= 11 is 6.45. The number of hydrogen-bond acceptors (Lipinski definition) is 5. The number of imide groups is 1. The second-order valence-electron chi connectivity index (χ2n) is 9.50. The normalized spacial score (nSPS) is 33.2. The van der Waals surface area contributed by atoms with Crippen LogP contribution < -0.4 is 9.77 Å². The molecule has 34 heavy (non-hydrogen) atoms. The van der Waals surface area contributed by atoms with E-state index in [2.05, 4.69) is 33.0 Å². The summed E-state index contributed by atoms with van der Waals surface area (Å²) in [6, 6.07) is 13.8. The van der Waals surface area contributed by atoms with E-state index in [1.54, 1.807) is 11.8 Å². The number of fused-ring (bicyclic) bond motifs is 9. The first-order valence-corrected chi connectivity index (χ1v) is 13.7. The van der Waals surface area contributed by atoms with Crippen molar-refractivity contribution in [1.82, 2.24) is 4.98 Å². The van der Waals surface area contributed by atoms with E-state index >= 15 is 0 Å². The SMILES string of the molecule is O=C1C2C(C(=O)N1c1ccc(F)cc1)[C@@H]1C[C@H]2C2Sc3[nH]c(=O)sc3C(c3ccc(Br)cc3)C21. The summed E-state index contributed by atoms with van der Waals surface area (Å²) in [5.41, 5.74) is 1.57. The molecule has 0 spiro atoms. The summed E-state index contributed by atoms with van der Waals surface area (Å²) in [5, 5.41) is 1.06. The Kier molecular flexibility index (Phi) is 4.58. The van der Waals surface area contributed by atoms with Gasteiger partial charge in [0.05, 0.1) is 22.5 Å². The first kappa shape index (κ1) is 21.1. The van der Waals surface area contributed by atoms with Crippen LogP contribution in [0.15, 0.2) is 62.8 Å². The summed E-state index contributed by atoms with van der Waals surface area (Å²) in [6.07, 6.45) is 0.846. The van der Waals surface area contributed by atoms with Crippen LogP contribution in [-0.2, 0) is 9.59 Å². The van der Waals surface area contributed by atoms with E-state index in [1.165, 1.54) is 40.5 Å². The Morgan fingerprint density at radius 3 is 2.32 bits per heavy atom. The lowest BCUT2D eigenvalue weighted by Crippen LogP contribution is -2.42. The number of rotatable bonds is 2. The third-order valence-corrected chi connectivity index (χ3v) is 11.2. The average molecular weight is 557 g/mol. The largest absolute Gasteiger partial charge is 0.307 e. The van der Waals surface area contributed by atoms with Crippen molar-refractivity contribution in [2.75, 3.05) is 4.90 Å². The smallest absolute Gasteiger partial charge is 0.305 e. The number of hydrogen-bond donors (Lipinski definition) is 1. The van der Waals surface area contributed by atoms with Gasteiger partial charge >= 0.3 is 4.87 Å². The predicted octanol–water partition coefficient (Wildman–Crippen LogP) is 5.02. The molecule has 2 aliphatic carbocycles. The van der Waals surface area contributed by atoms with E-state index < -0.39 is 5.82 Å². The Labute approximate surface area is 210 Å². The summed E-state index contributed by atoms with van der Waals surface area (Å²) in [4.78, 5) is 44.7. The second-order valence-corrected chi connectivity index (χ2v) is 12.6. The molecule has 2 aromatic carbocycles. The van der Waals surface area contributed by atoms with Crippen molar-refractivity contribution in [1.29, 1.82) is 0 Å². The topological polar surface area (TPSA) is 70.2 Å². The van der Waals surface area contributed by atoms with Gasteiger partial charge in [0.25, 0.3) is 0 Å². The molecule has 2 bridgehead atoms. The van der Waals surface area contributed by atoms with Gasteiger partial charge in [-0.15, -0.1) is 11.8 Å². The monoisotopic (exact) mass is 556 g/mol. The van der Waals surface area contributed by atoms with E-state index in [9.17, 15) is 18.8 Å². The van der Waals surface area contributed by atoms with E-state index in [-0.39, 0.29) is 57.4 Å². The number of H-pyrrole nitrogens is 1. The summed E-state index contributed by atoms with van der Waals surface area (Å²) in [5.74, 6) is -1.14. The van der Waals surface area contributed by atoms with Crippen LogP contribution in [-0.4, -0.2) is 22.0 Å². The number of halogens is 2. The lowest BCUT2D eigenvalue weighted by molar-refractivity contribution is -0.123. The fourth-order valence-corrected chi connectivity index (χ4v) is 10.1. The molecule has 7 rings (SSSR count). The van der Waals surface area contributed by atoms with Crippen LogP contribution in [0.4, 0.5) is 10.1 Å². The Balaban J connectivity index is 1.32. The van der Waals surface area contributed by atoms with Crippen molar-refractivity contribution in [3.05, 3.63) is 78.9 Å². The molecule has 2 amide bonds. The van der Waals surface area contributed by atoms with Crippen LogP contribution in [0.2, 0.25) is 0 Å². The van der Waals surface area contributed by atoms with Gasteiger partial charge in [-0.05, 0) is 66.1 Å². The summed E-state index contributed by atoms with van der Waals surface area (Å²) < 4.78 is 14.5. The van der Waals surface area contributed by atoms with Gasteiger partial charge in [-0.25, -0.2) is 4.39 Å². The van der Waals surface area contributed by atoms with Crippen LogP contribution in [0.25, 0.3) is 0 Å². The first-order chi connectivity index (χ1) is 16.4. The van der Waals surface area contributed by atoms with Crippen LogP contribution in [0.3, 0.4) is 0 Å². The fourth-order valence-electron chi connectivity index (χ4n) is 6.90. The molecule has 3 heterocycles. The minimum atomic E-state index is -0.400. The van der Waals surface area contributed by atoms with Gasteiger partial charge in [-0.3, -0.25) is 19.3 Å². The highest BCUT2D eigenvalue weighted by atomic mass is 79.9. The number of aromatic amines is 1. The maximum atomic E-state index is 13.6. The Morgan fingerprint density at radius 2 is 1.62 bits per heavy atom. The standard InChI is InChI=1S/C25H18BrFN2O3S2/c26-11-3-1-10(2-4-11)16-17-14-9-15(20(17)33-22-21(16)34-25(32)28-22)19-18(14)23(30)29(24(19)31)13-7-5-12(27)6-8-13/h1-8,14-20H,9H2,(H,28,32)/t14-,15-,16?,17?,18?,19?,20?/m1/s1. The zero-order chi connectivity index (χ0) is 23.3. The predicted molar refractivity (Wildman–Crippen MR) is 132 cm³/mol. The van der Waals surface area contributed by atoms with Crippen molar-refractivity contribution in [2.24, 2.45) is 29.6 Å². The molecule has 7 atom stereocenters. The average Bonchev–Trinajstić information content (AvgIpc) is 3.54. The Hall–Kier alpha value is -2.23. The zero-order valence-corrected chi connectivity index (χ0v) is 20.8. The minimum absolute atomic E-state index is 0.0111. The summed E-state index contributed by atoms with van der Waals surface area (Å²) in [7, 11) is 0. The number of thioether (sulfide) groups is 1. The van der Waals surface area contributed by atoms with Gasteiger partial charge in [-0.1, -0.05) is 39.4 Å². The molecule has 172 valence electrons. The molecule has 1 N–H and O–H groups in total. The number of aromatic nitrogens is 1. The minimum Gasteiger partial charge on any atom is -0.307 e. The van der Waals surface area contributed by atoms with Crippen LogP contribution >= 0.6 is 39.0 Å². The van der Waals surface area contributed by atoms with Gasteiger partial charge in [0.15, 0.2) is 0 Å². The van der Waals surface area contributed by atoms with E-state index in [4.69, 9.17) is 0 Å². The molecule has 4 aliphatic rings. The third-order valence-electron chi connectivity index (χ3n) is 8.04. The molecule has 9 heteroatoms. The highest BCUT2D eigenvalue weighted by Gasteiger charge is 2.69. The van der Waals surface area contributed by atoms with E-state index in [0.29, 0.717) is 5.69 Å². The molecule has 0 radical (unpaired) electrons. The number of carbonyl (C=O) groups is 2. The lowest BCUT2D eigenvalue weighted by atomic mass is 9.68. The second kappa shape index (κ2) is 7.38. The number of benzene rings is 2. The Bertz CT molecular complexity index is 1400. The molecule has 1 saturated heterocycles. The first-order valence-electron chi connectivity index (χ1n) is 11.2. The van der Waals surface area contributed by atoms with Crippen molar-refractivity contribution in [3.8, 4) is 0 Å². The number of thiazole rings is 1. The van der Waals surface area contributed by atoms with Gasteiger partial charge in [0.2, 0.25) is 11.8 Å². The van der Waals surface area contributed by atoms with Crippen molar-refractivity contribution in [2.45, 2.75) is 22.6 Å². The van der Waals surface area contributed by atoms with Crippen molar-refractivity contribution < 1.29 is 14.0 Å². The number of nitrogens with one attached hydrogen (secondary N) is 1. The van der Waals surface area contributed by atoms with Gasteiger partial charge in [0.1, 0.15) is 5.82 Å². The highest BCUT2D eigenvalue weighted by Crippen LogP contribution is 2.68. The molecule has 5 nitrogen and oxygen atoms in total. The molecule has 5 unspecified atom stereocenters. The Morgan fingerprint density at radius 1 is 0.941 bits per heavy atom. The van der Waals surface area contributed by atoms with E-state index in [1.807, 2.05) is 12.1 Å². The van der Waals surface area contributed by atoms with Crippen LogP contribution in [0.1, 0.15) is 22.8 Å². The van der Waals surface area contributed by atoms with Crippen molar-refractivity contribution >= 4 is 56.5 Å². The number of amides is 2. The maximum absolute atomic E-state index is 13.6.